The van der Waals surface area contributed by atoms with Crippen molar-refractivity contribution in [1.82, 2.24) is 4.98 Å². The van der Waals surface area contributed by atoms with E-state index in [1.807, 2.05) is 43.3 Å². The fraction of sp³-hybridized carbons (Fsp3) is 0.143. The van der Waals surface area contributed by atoms with E-state index in [4.69, 9.17) is 0 Å². The topological polar surface area (TPSA) is 42.0 Å². The molecule has 0 spiro atoms. The summed E-state index contributed by atoms with van der Waals surface area (Å²) in [6.45, 7) is 1.88. The molecular weight excluding hydrogens is 324 g/mol. The van der Waals surface area contributed by atoms with Gasteiger partial charge in [0.05, 0.1) is 5.25 Å². The molecule has 5 heteroatoms. The third-order valence-corrected chi connectivity index (χ3v) is 3.98. The number of hydrogen-bond acceptors (Lipinski definition) is 3. The minimum Gasteiger partial charge on any atom is -0.310 e. The molecule has 1 aromatic heterocycles. The van der Waals surface area contributed by atoms with E-state index in [2.05, 4.69) is 26.2 Å². The molecule has 0 radical (unpaired) electrons. The van der Waals surface area contributed by atoms with Crippen LogP contribution in [0.1, 0.15) is 6.92 Å². The van der Waals surface area contributed by atoms with E-state index in [0.29, 0.717) is 5.82 Å². The van der Waals surface area contributed by atoms with Gasteiger partial charge < -0.3 is 5.32 Å². The van der Waals surface area contributed by atoms with Gasteiger partial charge in [0.15, 0.2) is 0 Å². The van der Waals surface area contributed by atoms with Gasteiger partial charge in [-0.05, 0) is 47.1 Å². The fourth-order valence-electron chi connectivity index (χ4n) is 1.43. The lowest BCUT2D eigenvalue weighted by Gasteiger charge is -2.11. The predicted molar refractivity (Wildman–Crippen MR) is 82.3 cm³/mol. The van der Waals surface area contributed by atoms with Gasteiger partial charge in [-0.25, -0.2) is 4.98 Å². The number of nitrogens with one attached hydrogen (secondary N) is 1. The average molecular weight is 337 g/mol. The lowest BCUT2D eigenvalue weighted by atomic mass is 10.4. The minimum atomic E-state index is -0.173. The summed E-state index contributed by atoms with van der Waals surface area (Å²) in [4.78, 5) is 17.2. The van der Waals surface area contributed by atoms with Crippen LogP contribution in [0.25, 0.3) is 0 Å². The second-order valence-corrected chi connectivity index (χ2v) is 6.25. The normalized spacial score (nSPS) is 11.9. The Balaban J connectivity index is 1.94. The van der Waals surface area contributed by atoms with Crippen molar-refractivity contribution in [2.45, 2.75) is 17.1 Å². The maximum absolute atomic E-state index is 12.0. The molecule has 19 heavy (non-hydrogen) atoms. The molecule has 0 saturated carbocycles. The third kappa shape index (κ3) is 4.36. The molecule has 1 N–H and O–H groups in total. The number of carbonyl (C=O) groups excluding carboxylic acids is 1. The van der Waals surface area contributed by atoms with Gasteiger partial charge in [0.2, 0.25) is 5.91 Å². The van der Waals surface area contributed by atoms with Crippen LogP contribution in [0.4, 0.5) is 5.82 Å². The van der Waals surface area contributed by atoms with E-state index in [0.717, 1.165) is 9.37 Å². The van der Waals surface area contributed by atoms with Crippen molar-refractivity contribution in [3.63, 3.8) is 0 Å². The van der Waals surface area contributed by atoms with Gasteiger partial charge in [0, 0.05) is 15.6 Å². The number of halogens is 1. The van der Waals surface area contributed by atoms with E-state index >= 15 is 0 Å². The maximum Gasteiger partial charge on any atom is 0.238 e. The largest absolute Gasteiger partial charge is 0.310 e. The standard InChI is InChI=1S/C14H13BrN2OS/c1-10(19-12-5-3-2-4-6-12)14(18)17-13-8-7-11(15)9-16-13/h2-10H,1H3,(H,16,17,18). The van der Waals surface area contributed by atoms with Gasteiger partial charge in [0.1, 0.15) is 5.82 Å². The number of hydrogen-bond donors (Lipinski definition) is 1. The molecule has 0 saturated heterocycles. The molecule has 1 unspecified atom stereocenters. The molecule has 1 atom stereocenters. The number of benzene rings is 1. The van der Waals surface area contributed by atoms with Gasteiger partial charge in [0.25, 0.3) is 0 Å². The molecule has 0 aliphatic heterocycles. The maximum atomic E-state index is 12.0. The first-order valence-corrected chi connectivity index (χ1v) is 7.46. The van der Waals surface area contributed by atoms with Crippen molar-refractivity contribution in [3.8, 4) is 0 Å². The van der Waals surface area contributed by atoms with Crippen LogP contribution in [0, 0.1) is 0 Å². The Bertz CT molecular complexity index is 545. The zero-order valence-electron chi connectivity index (χ0n) is 10.3. The number of carbonyl (C=O) groups is 1. The summed E-state index contributed by atoms with van der Waals surface area (Å²) >= 11 is 4.83. The summed E-state index contributed by atoms with van der Waals surface area (Å²) in [5.41, 5.74) is 0. The highest BCUT2D eigenvalue weighted by Gasteiger charge is 2.14. The Labute approximate surface area is 125 Å². The molecule has 3 nitrogen and oxygen atoms in total. The molecule has 1 amide bonds. The van der Waals surface area contributed by atoms with Gasteiger partial charge in [-0.1, -0.05) is 18.2 Å². The monoisotopic (exact) mass is 336 g/mol. The highest BCUT2D eigenvalue weighted by Crippen LogP contribution is 2.23. The Morgan fingerprint density at radius 1 is 1.26 bits per heavy atom. The molecule has 1 aromatic carbocycles. The van der Waals surface area contributed by atoms with Crippen LogP contribution >= 0.6 is 27.7 Å². The minimum absolute atomic E-state index is 0.0522. The second-order valence-electron chi connectivity index (χ2n) is 3.92. The predicted octanol–water partition coefficient (Wildman–Crippen LogP) is 3.96. The van der Waals surface area contributed by atoms with Crippen molar-refractivity contribution in [1.29, 1.82) is 0 Å². The summed E-state index contributed by atoms with van der Waals surface area (Å²) in [7, 11) is 0. The van der Waals surface area contributed by atoms with Crippen LogP contribution in [-0.4, -0.2) is 16.1 Å². The fourth-order valence-corrected chi connectivity index (χ4v) is 2.56. The van der Waals surface area contributed by atoms with Crippen molar-refractivity contribution >= 4 is 39.4 Å². The summed E-state index contributed by atoms with van der Waals surface area (Å²) in [5.74, 6) is 0.511. The SMILES string of the molecule is CC(Sc1ccccc1)C(=O)Nc1ccc(Br)cn1. The third-order valence-electron chi connectivity index (χ3n) is 2.40. The van der Waals surface area contributed by atoms with Crippen LogP contribution in [0.5, 0.6) is 0 Å². The van der Waals surface area contributed by atoms with Crippen molar-refractivity contribution in [2.75, 3.05) is 5.32 Å². The first-order valence-electron chi connectivity index (χ1n) is 5.79. The van der Waals surface area contributed by atoms with Crippen LogP contribution in [0.3, 0.4) is 0 Å². The number of rotatable bonds is 4. The molecule has 0 fully saturated rings. The first-order chi connectivity index (χ1) is 9.15. The summed E-state index contributed by atoms with van der Waals surface area (Å²) in [5, 5.41) is 2.62. The van der Waals surface area contributed by atoms with E-state index in [9.17, 15) is 4.79 Å². The van der Waals surface area contributed by atoms with Crippen LogP contribution in [0.2, 0.25) is 0 Å². The second kappa shape index (κ2) is 6.73. The van der Waals surface area contributed by atoms with Crippen LogP contribution in [0.15, 0.2) is 58.0 Å². The first kappa shape index (κ1) is 14.1. The number of pyridine rings is 1. The molecule has 2 rings (SSSR count). The Hall–Kier alpha value is -1.33. The molecular formula is C14H13BrN2OS. The highest BCUT2D eigenvalue weighted by molar-refractivity contribution is 9.10. The molecule has 0 aliphatic carbocycles. The van der Waals surface area contributed by atoms with Gasteiger partial charge in [-0.2, -0.15) is 0 Å². The summed E-state index contributed by atoms with van der Waals surface area (Å²) in [6.07, 6.45) is 1.66. The molecule has 98 valence electrons. The van der Waals surface area contributed by atoms with Gasteiger partial charge in [-0.15, -0.1) is 11.8 Å². The van der Waals surface area contributed by atoms with Crippen molar-refractivity contribution in [3.05, 3.63) is 53.1 Å². The lowest BCUT2D eigenvalue weighted by molar-refractivity contribution is -0.115. The summed E-state index contributed by atoms with van der Waals surface area (Å²) < 4.78 is 0.886. The quantitative estimate of drug-likeness (QED) is 0.859. The van der Waals surface area contributed by atoms with E-state index in [1.54, 1.807) is 12.3 Å². The molecule has 0 bridgehead atoms. The smallest absolute Gasteiger partial charge is 0.238 e. The van der Waals surface area contributed by atoms with E-state index in [-0.39, 0.29) is 11.2 Å². The number of anilines is 1. The highest BCUT2D eigenvalue weighted by atomic mass is 79.9. The molecule has 0 aliphatic rings. The van der Waals surface area contributed by atoms with Gasteiger partial charge >= 0.3 is 0 Å². The van der Waals surface area contributed by atoms with Crippen molar-refractivity contribution in [2.24, 2.45) is 0 Å². The number of nitrogens with zero attached hydrogens (tertiary/aromatic N) is 1. The number of aromatic nitrogens is 1. The van der Waals surface area contributed by atoms with E-state index < -0.39 is 0 Å². The number of thioether (sulfide) groups is 1. The average Bonchev–Trinajstić information content (AvgIpc) is 2.42. The molecule has 2 aromatic rings. The Morgan fingerprint density at radius 3 is 2.63 bits per heavy atom. The van der Waals surface area contributed by atoms with Crippen LogP contribution < -0.4 is 5.32 Å². The zero-order chi connectivity index (χ0) is 13.7. The summed E-state index contributed by atoms with van der Waals surface area (Å²) in [6, 6.07) is 13.5. The number of amides is 1. The van der Waals surface area contributed by atoms with E-state index in [1.165, 1.54) is 11.8 Å². The van der Waals surface area contributed by atoms with Crippen LogP contribution in [-0.2, 0) is 4.79 Å². The molecule has 1 heterocycles. The van der Waals surface area contributed by atoms with Gasteiger partial charge in [-0.3, -0.25) is 4.79 Å². The van der Waals surface area contributed by atoms with Crippen molar-refractivity contribution < 1.29 is 4.79 Å². The lowest BCUT2D eigenvalue weighted by Crippen LogP contribution is -2.22. The zero-order valence-corrected chi connectivity index (χ0v) is 12.7. The Morgan fingerprint density at radius 2 is 2.00 bits per heavy atom. The Kier molecular flexibility index (Phi) is 4.99.